The van der Waals surface area contributed by atoms with Gasteiger partial charge in [0.1, 0.15) is 17.7 Å². The van der Waals surface area contributed by atoms with E-state index in [9.17, 15) is 14.4 Å². The van der Waals surface area contributed by atoms with Crippen LogP contribution in [0.5, 0.6) is 0 Å². The first-order valence-electron chi connectivity index (χ1n) is 13.1. The molecule has 0 aromatic heterocycles. The molecule has 2 N–H and O–H groups in total. The van der Waals surface area contributed by atoms with Gasteiger partial charge in [-0.05, 0) is 52.5 Å². The standard InChI is InChI=1S/C28H47N3O4/c1-9-11-12-16-19-31(24(25(32)29-20(3)4)22-17-14-13-15-18-22)26(33)23(21(5)10-2)30-27(34)35-28(6,7)8/h13-15,17-18,20-21,23-24H,9-12,16,19H2,1-8H3,(H,29,32)(H,30,34). The largest absolute Gasteiger partial charge is 0.444 e. The molecule has 3 atom stereocenters. The first kappa shape index (κ1) is 30.5. The third-order valence-electron chi connectivity index (χ3n) is 5.79. The van der Waals surface area contributed by atoms with Crippen LogP contribution in [0.15, 0.2) is 30.3 Å². The second kappa shape index (κ2) is 14.7. The van der Waals surface area contributed by atoms with Crippen LogP contribution in [0.4, 0.5) is 4.79 Å². The van der Waals surface area contributed by atoms with E-state index in [1.807, 2.05) is 58.0 Å². The molecule has 0 radical (unpaired) electrons. The van der Waals surface area contributed by atoms with Crippen molar-refractivity contribution in [1.82, 2.24) is 15.5 Å². The second-order valence-electron chi connectivity index (χ2n) is 10.6. The summed E-state index contributed by atoms with van der Waals surface area (Å²) in [7, 11) is 0. The Bertz CT molecular complexity index is 789. The highest BCUT2D eigenvalue weighted by Crippen LogP contribution is 2.25. The molecule has 3 amide bonds. The van der Waals surface area contributed by atoms with Crippen molar-refractivity contribution in [3.05, 3.63) is 35.9 Å². The van der Waals surface area contributed by atoms with Crippen molar-refractivity contribution in [2.45, 2.75) is 111 Å². The van der Waals surface area contributed by atoms with Gasteiger partial charge < -0.3 is 20.3 Å². The Morgan fingerprint density at radius 1 is 0.943 bits per heavy atom. The topological polar surface area (TPSA) is 87.7 Å². The van der Waals surface area contributed by atoms with Gasteiger partial charge in [-0.3, -0.25) is 9.59 Å². The predicted octanol–water partition coefficient (Wildman–Crippen LogP) is 5.60. The van der Waals surface area contributed by atoms with Gasteiger partial charge in [-0.1, -0.05) is 76.8 Å². The Labute approximate surface area is 212 Å². The van der Waals surface area contributed by atoms with Gasteiger partial charge in [0.15, 0.2) is 0 Å². The molecule has 0 saturated heterocycles. The third-order valence-corrected chi connectivity index (χ3v) is 5.79. The lowest BCUT2D eigenvalue weighted by atomic mass is 9.95. The number of hydrogen-bond acceptors (Lipinski definition) is 4. The van der Waals surface area contributed by atoms with Gasteiger partial charge in [-0.15, -0.1) is 0 Å². The number of alkyl carbamates (subject to hydrolysis) is 1. The summed E-state index contributed by atoms with van der Waals surface area (Å²) in [5, 5.41) is 5.80. The number of ether oxygens (including phenoxy) is 1. The zero-order valence-corrected chi connectivity index (χ0v) is 23.0. The van der Waals surface area contributed by atoms with Crippen LogP contribution < -0.4 is 10.6 Å². The maximum atomic E-state index is 14.1. The van der Waals surface area contributed by atoms with E-state index in [4.69, 9.17) is 4.74 Å². The zero-order valence-electron chi connectivity index (χ0n) is 23.0. The fraction of sp³-hybridized carbons (Fsp3) is 0.679. The molecule has 1 rings (SSSR count). The quantitative estimate of drug-likeness (QED) is 0.353. The third kappa shape index (κ3) is 10.7. The van der Waals surface area contributed by atoms with Gasteiger partial charge in [0.25, 0.3) is 0 Å². The van der Waals surface area contributed by atoms with E-state index in [0.717, 1.165) is 31.2 Å². The summed E-state index contributed by atoms with van der Waals surface area (Å²) in [6, 6.07) is 7.70. The van der Waals surface area contributed by atoms with E-state index < -0.39 is 23.8 Å². The van der Waals surface area contributed by atoms with Crippen molar-refractivity contribution in [2.75, 3.05) is 6.54 Å². The van der Waals surface area contributed by atoms with Gasteiger partial charge in [0.2, 0.25) is 11.8 Å². The minimum Gasteiger partial charge on any atom is -0.444 e. The highest BCUT2D eigenvalue weighted by molar-refractivity contribution is 5.92. The average Bonchev–Trinajstić information content (AvgIpc) is 2.77. The molecule has 1 aromatic carbocycles. The molecule has 0 aliphatic carbocycles. The van der Waals surface area contributed by atoms with E-state index >= 15 is 0 Å². The molecule has 3 unspecified atom stereocenters. The summed E-state index contributed by atoms with van der Waals surface area (Å²) in [5.74, 6) is -0.637. The Morgan fingerprint density at radius 3 is 2.09 bits per heavy atom. The highest BCUT2D eigenvalue weighted by Gasteiger charge is 2.37. The van der Waals surface area contributed by atoms with Gasteiger partial charge in [0, 0.05) is 12.6 Å². The molecule has 198 valence electrons. The number of carbonyl (C=O) groups excluding carboxylic acids is 3. The average molecular weight is 490 g/mol. The fourth-order valence-corrected chi connectivity index (χ4v) is 3.84. The summed E-state index contributed by atoms with van der Waals surface area (Å²) in [4.78, 5) is 41.8. The summed E-state index contributed by atoms with van der Waals surface area (Å²) >= 11 is 0. The maximum Gasteiger partial charge on any atom is 0.408 e. The summed E-state index contributed by atoms with van der Waals surface area (Å²) in [6.45, 7) is 15.6. The molecule has 1 aromatic rings. The second-order valence-corrected chi connectivity index (χ2v) is 10.6. The van der Waals surface area contributed by atoms with Crippen LogP contribution in [-0.4, -0.2) is 47.0 Å². The molecule has 0 saturated carbocycles. The number of amides is 3. The van der Waals surface area contributed by atoms with Gasteiger partial charge in [0.05, 0.1) is 0 Å². The van der Waals surface area contributed by atoms with Crippen molar-refractivity contribution in [1.29, 1.82) is 0 Å². The van der Waals surface area contributed by atoms with Gasteiger partial charge in [-0.2, -0.15) is 0 Å². The first-order chi connectivity index (χ1) is 16.4. The van der Waals surface area contributed by atoms with Gasteiger partial charge >= 0.3 is 6.09 Å². The number of nitrogens with one attached hydrogen (secondary N) is 2. The molecule has 7 heteroatoms. The minimum atomic E-state index is -0.806. The predicted molar refractivity (Wildman–Crippen MR) is 141 cm³/mol. The van der Waals surface area contributed by atoms with Crippen LogP contribution in [0.2, 0.25) is 0 Å². The van der Waals surface area contributed by atoms with E-state index in [-0.39, 0.29) is 23.8 Å². The number of unbranched alkanes of at least 4 members (excludes halogenated alkanes) is 3. The molecular weight excluding hydrogens is 442 g/mol. The van der Waals surface area contributed by atoms with Crippen LogP contribution in [0.1, 0.15) is 99.1 Å². The van der Waals surface area contributed by atoms with E-state index in [2.05, 4.69) is 17.6 Å². The van der Waals surface area contributed by atoms with Crippen molar-refractivity contribution >= 4 is 17.9 Å². The molecule has 35 heavy (non-hydrogen) atoms. The Kier molecular flexibility index (Phi) is 12.8. The van der Waals surface area contributed by atoms with E-state index in [1.54, 1.807) is 25.7 Å². The molecule has 0 aliphatic heterocycles. The van der Waals surface area contributed by atoms with Crippen LogP contribution in [0, 0.1) is 5.92 Å². The molecular formula is C28H47N3O4. The molecule has 0 spiro atoms. The SMILES string of the molecule is CCCCCCN(C(=O)C(NC(=O)OC(C)(C)C)C(C)CC)C(C(=O)NC(C)C)c1ccccc1. The van der Waals surface area contributed by atoms with Crippen molar-refractivity contribution in [3.8, 4) is 0 Å². The summed E-state index contributed by atoms with van der Waals surface area (Å²) in [5.41, 5.74) is 0.0612. The van der Waals surface area contributed by atoms with Gasteiger partial charge in [-0.25, -0.2) is 4.79 Å². The number of carbonyl (C=O) groups is 3. The van der Waals surface area contributed by atoms with Crippen LogP contribution in [0.3, 0.4) is 0 Å². The molecule has 0 bridgehead atoms. The van der Waals surface area contributed by atoms with Crippen LogP contribution in [0.25, 0.3) is 0 Å². The smallest absolute Gasteiger partial charge is 0.408 e. The van der Waals surface area contributed by atoms with Crippen molar-refractivity contribution in [3.63, 3.8) is 0 Å². The molecule has 0 aliphatic rings. The zero-order chi connectivity index (χ0) is 26.6. The Balaban J connectivity index is 3.42. The number of benzene rings is 1. The normalized spacial score (nSPS) is 14.1. The minimum absolute atomic E-state index is 0.0731. The lowest BCUT2D eigenvalue weighted by Crippen LogP contribution is -2.55. The highest BCUT2D eigenvalue weighted by atomic mass is 16.6. The fourth-order valence-electron chi connectivity index (χ4n) is 3.84. The molecule has 7 nitrogen and oxygen atoms in total. The number of nitrogens with zero attached hydrogens (tertiary/aromatic N) is 1. The van der Waals surface area contributed by atoms with Crippen molar-refractivity contribution < 1.29 is 19.1 Å². The van der Waals surface area contributed by atoms with Crippen LogP contribution in [-0.2, 0) is 14.3 Å². The van der Waals surface area contributed by atoms with Crippen LogP contribution >= 0.6 is 0 Å². The lowest BCUT2D eigenvalue weighted by molar-refractivity contribution is -0.143. The molecule has 0 heterocycles. The maximum absolute atomic E-state index is 14.1. The van der Waals surface area contributed by atoms with E-state index in [0.29, 0.717) is 13.0 Å². The monoisotopic (exact) mass is 489 g/mol. The summed E-state index contributed by atoms with van der Waals surface area (Å²) in [6.07, 6.45) is 3.91. The Hall–Kier alpha value is -2.57. The first-order valence-corrected chi connectivity index (χ1v) is 13.1. The van der Waals surface area contributed by atoms with E-state index in [1.165, 1.54) is 0 Å². The number of hydrogen-bond donors (Lipinski definition) is 2. The lowest BCUT2D eigenvalue weighted by Gasteiger charge is -2.36. The molecule has 0 fully saturated rings. The van der Waals surface area contributed by atoms with Crippen molar-refractivity contribution in [2.24, 2.45) is 5.92 Å². The Morgan fingerprint density at radius 2 is 1.57 bits per heavy atom. The number of rotatable bonds is 13. The summed E-state index contributed by atoms with van der Waals surface area (Å²) < 4.78 is 5.45.